The second-order valence-electron chi connectivity index (χ2n) is 33.2. The first-order chi connectivity index (χ1) is 53.2. The number of carbonyl (C=O) groups is 14. The Kier molecular flexibility index (Phi) is 31.9. The van der Waals surface area contributed by atoms with E-state index in [1.54, 1.807) is 27.7 Å². The molecule has 39 heteroatoms. The highest BCUT2D eigenvalue weighted by Gasteiger charge is 2.60. The van der Waals surface area contributed by atoms with Gasteiger partial charge in [-0.1, -0.05) is 62.3 Å². The second kappa shape index (κ2) is 39.1. The Bertz CT molecular complexity index is 3600. The number of carbonyl (C=O) groups excluding carboxylic acids is 14. The second-order valence-corrected chi connectivity index (χ2v) is 33.2. The van der Waals surface area contributed by atoms with Crippen LogP contribution in [0.25, 0.3) is 0 Å². The van der Waals surface area contributed by atoms with Gasteiger partial charge in [0.15, 0.2) is 23.0 Å². The monoisotopic (exact) mass is 1620 g/mol. The minimum Gasteiger partial charge on any atom is -0.458 e. The van der Waals surface area contributed by atoms with Gasteiger partial charge in [0.05, 0.1) is 25.3 Å². The normalized spacial score (nSPS) is 34.0. The standard InChI is InChI=1S/C38H63N7O11.C37H58N8O13/c1-20(2)17-25-13-14-38(54,56-24(25)7)37(8,53)36(52)43-30-31(21(3)4)55-35(51)23(6)42-33(49)27-12-10-15-40-44(27)29(47)19-39-32(48)22(5)18-28(46)26-11-9-16-41-45(26)34(30)50;1-19(2)17-24-13-14-37(54,58-23(24)7)36(8,53)35(52)41-28-29(20(3)4)57-34(51)22(6)45(56)31(48)25-11-9-15-39-42(25)27(46)18-38-30(47)21(5)44(55)32(49)26-12-10-16-40-43(26)33(28)50/h20-27,30-31,40-41,53-54H,9-19H2,1-8H3,(H,39,48)(H,42,49)(H,43,52);15-16,19-26,28-29,53-56H,9-14,17-18H2,1-8H3,(H,38,47)(H,41,52). The van der Waals surface area contributed by atoms with Crippen molar-refractivity contribution in [2.45, 2.75) is 309 Å². The highest BCUT2D eigenvalue weighted by molar-refractivity contribution is 6.00. The van der Waals surface area contributed by atoms with Gasteiger partial charge in [0.1, 0.15) is 60.5 Å². The highest BCUT2D eigenvalue weighted by Crippen LogP contribution is 2.43. The first-order valence-electron chi connectivity index (χ1n) is 39.7. The van der Waals surface area contributed by atoms with Gasteiger partial charge in [-0.25, -0.2) is 40.6 Å². The highest BCUT2D eigenvalue weighted by atomic mass is 16.7. The third kappa shape index (κ3) is 21.5. The molecule has 0 spiro atoms. The van der Waals surface area contributed by atoms with Crippen molar-refractivity contribution in [2.75, 3.05) is 26.2 Å². The van der Waals surface area contributed by atoms with Crippen LogP contribution in [0, 0.1) is 41.4 Å². The molecule has 8 aliphatic rings. The number of hydrogen-bond acceptors (Lipinski definition) is 28. The van der Waals surface area contributed by atoms with Gasteiger partial charge in [-0.2, -0.15) is 10.2 Å². The summed E-state index contributed by atoms with van der Waals surface area (Å²) in [5, 5.41) is 92.9. The number of hydrogen-bond donors (Lipinski definition) is 13. The summed E-state index contributed by atoms with van der Waals surface area (Å²) < 4.78 is 23.6. The van der Waals surface area contributed by atoms with Crippen LogP contribution in [0.5, 0.6) is 0 Å². The molecule has 0 aromatic carbocycles. The van der Waals surface area contributed by atoms with E-state index in [4.69, 9.17) is 18.9 Å². The zero-order chi connectivity index (χ0) is 85.1. The Morgan fingerprint density at radius 1 is 0.544 bits per heavy atom. The number of ether oxygens (including phenoxy) is 4. The van der Waals surface area contributed by atoms with E-state index in [2.05, 4.69) is 61.5 Å². The largest absolute Gasteiger partial charge is 0.458 e. The molecule has 20 atom stereocenters. The van der Waals surface area contributed by atoms with Gasteiger partial charge >= 0.3 is 11.9 Å². The Morgan fingerprint density at radius 3 is 1.47 bits per heavy atom. The van der Waals surface area contributed by atoms with E-state index in [1.165, 1.54) is 40.1 Å². The summed E-state index contributed by atoms with van der Waals surface area (Å²) in [4.78, 5) is 193. The molecule has 0 aromatic heterocycles. The van der Waals surface area contributed by atoms with Gasteiger partial charge < -0.3 is 66.0 Å². The van der Waals surface area contributed by atoms with Crippen molar-refractivity contribution in [3.63, 3.8) is 0 Å². The summed E-state index contributed by atoms with van der Waals surface area (Å²) in [6, 6.07) is -13.5. The number of hydrazine groups is 2. The molecule has 0 aliphatic carbocycles. The predicted octanol–water partition coefficient (Wildman–Crippen LogP) is -0.803. The molecule has 6 fully saturated rings. The summed E-state index contributed by atoms with van der Waals surface area (Å²) in [6.07, 6.45) is 2.01. The van der Waals surface area contributed by atoms with Crippen molar-refractivity contribution >= 4 is 95.1 Å². The maximum Gasteiger partial charge on any atom is 0.331 e. The molecule has 114 heavy (non-hydrogen) atoms. The van der Waals surface area contributed by atoms with Crippen LogP contribution in [0.4, 0.5) is 0 Å². The molecule has 8 heterocycles. The third-order valence-electron chi connectivity index (χ3n) is 22.6. The predicted molar refractivity (Wildman–Crippen MR) is 401 cm³/mol. The summed E-state index contributed by atoms with van der Waals surface area (Å²) in [5.74, 6) is -19.7. The average Bonchev–Trinajstić information content (AvgIpc) is 0.769. The summed E-state index contributed by atoms with van der Waals surface area (Å²) in [5.41, 5.74) is 0.492. The van der Waals surface area contributed by atoms with Crippen LogP contribution in [0.1, 0.15) is 207 Å². The third-order valence-corrected chi connectivity index (χ3v) is 22.6. The van der Waals surface area contributed by atoms with Gasteiger partial charge in [-0.05, 0) is 161 Å². The van der Waals surface area contributed by atoms with E-state index in [0.717, 1.165) is 55.6 Å². The van der Waals surface area contributed by atoms with Crippen LogP contribution in [0.2, 0.25) is 0 Å². The van der Waals surface area contributed by atoms with Crippen molar-refractivity contribution in [1.29, 1.82) is 0 Å². The number of nitrogens with zero attached hydrogens (tertiary/aromatic N) is 8. The van der Waals surface area contributed by atoms with Crippen molar-refractivity contribution in [2.24, 2.45) is 51.6 Å². The minimum atomic E-state index is -2.72. The minimum absolute atomic E-state index is 0.0114. The SMILES string of the molecule is CC(C)CC1CCC(O)(C(C)(O)C(=O)NC2C(=O)N3N=CCCC3C(=O)N(O)C(C)C(=O)NCC(=O)N3N=CCCC3C(=O)N(O)C(C)C(=O)OC2C(C)C)OC1C.CC(C)CC1CCC(O)(C(C)(O)C(=O)NC2C(=O)N3NCCCC3C(=O)CC(C)C(=O)NCC(=O)N3NCCCC3C(=O)NC(C)C(=O)OC2C(C)C)OC1C. The average molecular weight is 1620 g/mol. The number of nitrogens with one attached hydrogen (secondary N) is 7. The van der Waals surface area contributed by atoms with E-state index in [1.807, 2.05) is 13.8 Å². The van der Waals surface area contributed by atoms with Gasteiger partial charge in [0.2, 0.25) is 29.3 Å². The summed E-state index contributed by atoms with van der Waals surface area (Å²) >= 11 is 0. The van der Waals surface area contributed by atoms with E-state index in [-0.39, 0.29) is 86.3 Å². The lowest BCUT2D eigenvalue weighted by molar-refractivity contribution is -0.326. The smallest absolute Gasteiger partial charge is 0.331 e. The fourth-order valence-electron chi connectivity index (χ4n) is 15.3. The lowest BCUT2D eigenvalue weighted by atomic mass is 9.79. The van der Waals surface area contributed by atoms with Gasteiger partial charge in [-0.3, -0.25) is 78.0 Å². The molecule has 0 bridgehead atoms. The van der Waals surface area contributed by atoms with E-state index < -0.39 is 215 Å². The van der Waals surface area contributed by atoms with Crippen LogP contribution in [0.3, 0.4) is 0 Å². The number of ketones is 1. The molecule has 13 N–H and O–H groups in total. The number of esters is 2. The number of hydroxylamine groups is 4. The Hall–Kier alpha value is -8.28. The molecular formula is C75H121N15O24. The zero-order valence-corrected chi connectivity index (χ0v) is 68.2. The zero-order valence-electron chi connectivity index (χ0n) is 68.2. The van der Waals surface area contributed by atoms with Gasteiger partial charge in [0, 0.05) is 50.7 Å². The van der Waals surface area contributed by atoms with Crippen molar-refractivity contribution < 1.29 is 117 Å². The topological polar surface area (TPSA) is 526 Å². The molecule has 39 nitrogen and oxygen atoms in total. The molecule has 0 saturated carbocycles. The number of hydrazone groups is 2. The van der Waals surface area contributed by atoms with E-state index in [0.29, 0.717) is 49.1 Å². The molecule has 20 unspecified atom stereocenters. The molecule has 0 aromatic rings. The first kappa shape index (κ1) is 92.9. The fourth-order valence-corrected chi connectivity index (χ4v) is 15.3. The Morgan fingerprint density at radius 2 is 0.982 bits per heavy atom. The van der Waals surface area contributed by atoms with E-state index in [9.17, 15) is 98.0 Å². The Balaban J connectivity index is 0.000000316. The molecule has 11 amide bonds. The molecular weight excluding hydrogens is 1490 g/mol. The lowest BCUT2D eigenvalue weighted by Crippen LogP contribution is -2.70. The van der Waals surface area contributed by atoms with Crippen LogP contribution in [-0.4, -0.2) is 284 Å². The van der Waals surface area contributed by atoms with Crippen LogP contribution >= 0.6 is 0 Å². The number of aliphatic hydroxyl groups is 4. The quantitative estimate of drug-likeness (QED) is 0.0840. The van der Waals surface area contributed by atoms with E-state index >= 15 is 0 Å². The number of rotatable bonds is 12. The van der Waals surface area contributed by atoms with Gasteiger partial charge in [-0.15, -0.1) is 0 Å². The van der Waals surface area contributed by atoms with Crippen LogP contribution in [0.15, 0.2) is 10.2 Å². The summed E-state index contributed by atoms with van der Waals surface area (Å²) in [6.45, 7) is 24.7. The molecule has 8 aliphatic heterocycles. The van der Waals surface area contributed by atoms with Crippen molar-refractivity contribution in [3.05, 3.63) is 0 Å². The van der Waals surface area contributed by atoms with Crippen molar-refractivity contribution in [3.8, 4) is 0 Å². The van der Waals surface area contributed by atoms with Gasteiger partial charge in [0.25, 0.3) is 47.3 Å². The summed E-state index contributed by atoms with van der Waals surface area (Å²) in [7, 11) is 0. The first-order valence-corrected chi connectivity index (χ1v) is 39.7. The Labute approximate surface area is 663 Å². The maximum absolute atomic E-state index is 14.7. The number of amides is 11. The molecule has 0 radical (unpaired) electrons. The number of Topliss-reactive ketones (excluding diaryl/α,β-unsaturated/α-hetero) is 1. The lowest BCUT2D eigenvalue weighted by Gasteiger charge is -2.47. The van der Waals surface area contributed by atoms with Crippen LogP contribution in [-0.2, 0) is 86.1 Å². The fraction of sp³-hybridized carbons (Fsp3) is 0.787. The van der Waals surface area contributed by atoms with Crippen LogP contribution < -0.4 is 37.4 Å². The molecule has 640 valence electrons. The van der Waals surface area contributed by atoms with Crippen molar-refractivity contribution in [1.82, 2.24) is 67.6 Å². The molecule has 6 saturated heterocycles. The molecule has 8 rings (SSSR count). The number of fused-ring (bicyclic) bond motifs is 4. The maximum atomic E-state index is 14.7. The number of cyclic esters (lactones) is 2.